The quantitative estimate of drug-likeness (QED) is 0.564. The molecule has 0 saturated carbocycles. The summed E-state index contributed by atoms with van der Waals surface area (Å²) in [5, 5.41) is 7.47. The third-order valence-corrected chi connectivity index (χ3v) is 3.19. The number of fused-ring (bicyclic) bond motifs is 1. The molecule has 0 amide bonds. The smallest absolute Gasteiger partial charge is 0.138 e. The Labute approximate surface area is 121 Å². The first-order valence-electron chi connectivity index (χ1n) is 6.46. The molecule has 0 spiro atoms. The average molecular weight is 281 g/mol. The fourth-order valence-corrected chi connectivity index (χ4v) is 2.19. The monoisotopic (exact) mass is 281 g/mol. The summed E-state index contributed by atoms with van der Waals surface area (Å²) in [4.78, 5) is 8.90. The highest BCUT2D eigenvalue weighted by Crippen LogP contribution is 2.18. The molecule has 3 N–H and O–H groups in total. The maximum atomic E-state index is 7.47. The lowest BCUT2D eigenvalue weighted by molar-refractivity contribution is 0.181. The van der Waals surface area contributed by atoms with Crippen molar-refractivity contribution in [3.63, 3.8) is 0 Å². The van der Waals surface area contributed by atoms with Crippen molar-refractivity contribution in [1.29, 1.82) is 5.41 Å². The van der Waals surface area contributed by atoms with Gasteiger partial charge in [-0.2, -0.15) is 0 Å². The number of nitrogens with zero attached hydrogens (tertiary/aromatic N) is 3. The Balaban J connectivity index is 2.08. The number of aromatic nitrogens is 3. The standard InChI is InChI=1S/C15H15N5O/c1-21-8-11-3-2-4-14(19-11)20-9-18-12-7-10(15(16)17)5-6-13(12)20/h2-7,9H,8H2,1H3,(H3,16,17). The van der Waals surface area contributed by atoms with Crippen LogP contribution in [-0.4, -0.2) is 27.5 Å². The minimum Gasteiger partial charge on any atom is -0.384 e. The summed E-state index contributed by atoms with van der Waals surface area (Å²) >= 11 is 0. The molecule has 0 unspecified atom stereocenters. The molecule has 0 aliphatic rings. The Morgan fingerprint density at radius 3 is 2.95 bits per heavy atom. The topological polar surface area (TPSA) is 89.8 Å². The first-order valence-corrected chi connectivity index (χ1v) is 6.46. The number of rotatable bonds is 4. The van der Waals surface area contributed by atoms with Crippen LogP contribution < -0.4 is 5.73 Å². The Bertz CT molecular complexity index is 809. The van der Waals surface area contributed by atoms with Gasteiger partial charge in [-0.25, -0.2) is 9.97 Å². The van der Waals surface area contributed by atoms with Gasteiger partial charge in [-0.15, -0.1) is 0 Å². The Morgan fingerprint density at radius 2 is 2.19 bits per heavy atom. The minimum atomic E-state index is 0.0340. The zero-order valence-electron chi connectivity index (χ0n) is 11.6. The largest absolute Gasteiger partial charge is 0.384 e. The number of nitrogens with two attached hydrogens (primary N) is 1. The fourth-order valence-electron chi connectivity index (χ4n) is 2.19. The van der Waals surface area contributed by atoms with Crippen LogP contribution in [0.3, 0.4) is 0 Å². The highest BCUT2D eigenvalue weighted by molar-refractivity contribution is 5.98. The van der Waals surface area contributed by atoms with Gasteiger partial charge in [0.25, 0.3) is 0 Å². The van der Waals surface area contributed by atoms with Gasteiger partial charge in [0.2, 0.25) is 0 Å². The van der Waals surface area contributed by atoms with Crippen molar-refractivity contribution in [2.24, 2.45) is 5.73 Å². The average Bonchev–Trinajstić information content (AvgIpc) is 2.90. The molecule has 106 valence electrons. The van der Waals surface area contributed by atoms with Crippen molar-refractivity contribution in [1.82, 2.24) is 14.5 Å². The van der Waals surface area contributed by atoms with Crippen LogP contribution in [0.5, 0.6) is 0 Å². The van der Waals surface area contributed by atoms with Crippen LogP contribution in [0.2, 0.25) is 0 Å². The number of ether oxygens (including phenoxy) is 1. The summed E-state index contributed by atoms with van der Waals surface area (Å²) < 4.78 is 7.01. The number of imidazole rings is 1. The molecule has 1 aromatic carbocycles. The van der Waals surface area contributed by atoms with Crippen molar-refractivity contribution >= 4 is 16.9 Å². The van der Waals surface area contributed by atoms with E-state index in [0.717, 1.165) is 22.5 Å². The van der Waals surface area contributed by atoms with Gasteiger partial charge in [-0.05, 0) is 30.3 Å². The summed E-state index contributed by atoms with van der Waals surface area (Å²) in [6.45, 7) is 0.467. The van der Waals surface area contributed by atoms with Gasteiger partial charge in [0.1, 0.15) is 18.0 Å². The number of benzene rings is 1. The van der Waals surface area contributed by atoms with Crippen molar-refractivity contribution in [3.8, 4) is 5.82 Å². The van der Waals surface area contributed by atoms with Gasteiger partial charge in [0, 0.05) is 12.7 Å². The molecule has 0 atom stereocenters. The lowest BCUT2D eigenvalue weighted by Crippen LogP contribution is -2.10. The van der Waals surface area contributed by atoms with E-state index in [4.69, 9.17) is 15.9 Å². The number of hydrogen-bond donors (Lipinski definition) is 2. The molecule has 3 aromatic rings. The molecule has 0 aliphatic carbocycles. The molecule has 2 heterocycles. The van der Waals surface area contributed by atoms with Gasteiger partial charge >= 0.3 is 0 Å². The van der Waals surface area contributed by atoms with Crippen molar-refractivity contribution in [2.75, 3.05) is 7.11 Å². The minimum absolute atomic E-state index is 0.0340. The number of methoxy groups -OCH3 is 1. The molecule has 0 radical (unpaired) electrons. The van der Waals surface area contributed by atoms with Crippen molar-refractivity contribution < 1.29 is 4.74 Å². The van der Waals surface area contributed by atoms with Crippen LogP contribution in [0.1, 0.15) is 11.3 Å². The second kappa shape index (κ2) is 5.34. The maximum Gasteiger partial charge on any atom is 0.138 e. The molecule has 6 nitrogen and oxygen atoms in total. The molecule has 0 aliphatic heterocycles. The maximum absolute atomic E-state index is 7.47. The van der Waals surface area contributed by atoms with E-state index in [1.165, 1.54) is 0 Å². The van der Waals surface area contributed by atoms with E-state index < -0.39 is 0 Å². The molecule has 2 aromatic heterocycles. The summed E-state index contributed by atoms with van der Waals surface area (Å²) in [5.41, 5.74) is 8.72. The van der Waals surface area contributed by atoms with Crippen LogP contribution in [0.15, 0.2) is 42.7 Å². The van der Waals surface area contributed by atoms with Crippen LogP contribution in [0.4, 0.5) is 0 Å². The van der Waals surface area contributed by atoms with E-state index in [1.54, 1.807) is 19.5 Å². The molecule has 0 bridgehead atoms. The first-order chi connectivity index (χ1) is 10.2. The lowest BCUT2D eigenvalue weighted by atomic mass is 10.2. The Morgan fingerprint density at radius 1 is 1.33 bits per heavy atom. The lowest BCUT2D eigenvalue weighted by Gasteiger charge is -2.06. The van der Waals surface area contributed by atoms with E-state index in [0.29, 0.717) is 12.2 Å². The number of amidine groups is 1. The summed E-state index contributed by atoms with van der Waals surface area (Å²) in [6.07, 6.45) is 1.72. The Kier molecular flexibility index (Phi) is 3.37. The van der Waals surface area contributed by atoms with Crippen LogP contribution in [-0.2, 0) is 11.3 Å². The number of nitrogen functional groups attached to an aromatic ring is 1. The van der Waals surface area contributed by atoms with E-state index >= 15 is 0 Å². The van der Waals surface area contributed by atoms with Crippen molar-refractivity contribution in [2.45, 2.75) is 6.61 Å². The highest BCUT2D eigenvalue weighted by atomic mass is 16.5. The van der Waals surface area contributed by atoms with E-state index in [9.17, 15) is 0 Å². The third kappa shape index (κ3) is 2.48. The zero-order valence-corrected chi connectivity index (χ0v) is 11.6. The second-order valence-corrected chi connectivity index (χ2v) is 4.65. The van der Waals surface area contributed by atoms with Crippen molar-refractivity contribution in [3.05, 3.63) is 54.0 Å². The third-order valence-electron chi connectivity index (χ3n) is 3.19. The van der Waals surface area contributed by atoms with E-state index in [-0.39, 0.29) is 5.84 Å². The first kappa shape index (κ1) is 13.3. The van der Waals surface area contributed by atoms with Gasteiger partial charge in [0.15, 0.2) is 0 Å². The molecular formula is C15H15N5O. The Hall–Kier alpha value is -2.73. The van der Waals surface area contributed by atoms with E-state index in [1.807, 2.05) is 34.9 Å². The molecule has 6 heteroatoms. The van der Waals surface area contributed by atoms with E-state index in [2.05, 4.69) is 9.97 Å². The zero-order chi connectivity index (χ0) is 14.8. The summed E-state index contributed by atoms with van der Waals surface area (Å²) in [6, 6.07) is 11.3. The predicted octanol–water partition coefficient (Wildman–Crippen LogP) is 1.85. The number of nitrogens with one attached hydrogen (secondary N) is 1. The molecule has 21 heavy (non-hydrogen) atoms. The van der Waals surface area contributed by atoms with Gasteiger partial charge in [0.05, 0.1) is 23.3 Å². The van der Waals surface area contributed by atoms with Gasteiger partial charge in [-0.3, -0.25) is 9.98 Å². The molecule has 3 rings (SSSR count). The summed E-state index contributed by atoms with van der Waals surface area (Å²) in [7, 11) is 1.64. The van der Waals surface area contributed by atoms with Gasteiger partial charge in [-0.1, -0.05) is 6.07 Å². The van der Waals surface area contributed by atoms with Crippen LogP contribution >= 0.6 is 0 Å². The second-order valence-electron chi connectivity index (χ2n) is 4.65. The molecular weight excluding hydrogens is 266 g/mol. The molecule has 0 fully saturated rings. The predicted molar refractivity (Wildman–Crippen MR) is 80.6 cm³/mol. The molecule has 0 saturated heterocycles. The SMILES string of the molecule is COCc1cccc(-n2cnc3cc(C(=N)N)ccc32)n1. The summed E-state index contributed by atoms with van der Waals surface area (Å²) in [5.74, 6) is 0.814. The fraction of sp³-hybridized carbons (Fsp3) is 0.133. The van der Waals surface area contributed by atoms with Crippen LogP contribution in [0.25, 0.3) is 16.9 Å². The van der Waals surface area contributed by atoms with Crippen LogP contribution in [0, 0.1) is 5.41 Å². The number of hydrogen-bond acceptors (Lipinski definition) is 4. The normalized spacial score (nSPS) is 10.9. The highest BCUT2D eigenvalue weighted by Gasteiger charge is 2.08. The van der Waals surface area contributed by atoms with Gasteiger partial charge < -0.3 is 10.5 Å². The number of pyridine rings is 1.